The Labute approximate surface area is 171 Å². The number of nitro benzene ring substituents is 1. The Morgan fingerprint density at radius 1 is 1.14 bits per heavy atom. The van der Waals surface area contributed by atoms with E-state index >= 15 is 0 Å². The van der Waals surface area contributed by atoms with Gasteiger partial charge >= 0.3 is 0 Å². The lowest BCUT2D eigenvalue weighted by molar-refractivity contribution is -0.384. The van der Waals surface area contributed by atoms with Crippen molar-refractivity contribution < 1.29 is 18.1 Å². The van der Waals surface area contributed by atoms with Crippen LogP contribution in [0.15, 0.2) is 64.2 Å². The second-order valence-electron chi connectivity index (χ2n) is 6.16. The van der Waals surface area contributed by atoms with E-state index in [1.807, 2.05) is 0 Å². The molecule has 1 N–H and O–H groups in total. The van der Waals surface area contributed by atoms with Gasteiger partial charge < -0.3 is 5.32 Å². The fraction of sp³-hybridized carbons (Fsp3) is 0.105. The molecule has 0 fully saturated rings. The number of hydrogen-bond donors (Lipinski definition) is 1. The van der Waals surface area contributed by atoms with Crippen LogP contribution in [0.5, 0.6) is 0 Å². The smallest absolute Gasteiger partial charge is 0.273 e. The van der Waals surface area contributed by atoms with E-state index in [-0.39, 0.29) is 9.90 Å². The Bertz CT molecular complexity index is 1160. The highest BCUT2D eigenvalue weighted by Crippen LogP contribution is 2.26. The van der Waals surface area contributed by atoms with E-state index in [4.69, 9.17) is 0 Å². The van der Waals surface area contributed by atoms with Gasteiger partial charge in [-0.1, -0.05) is 12.1 Å². The summed E-state index contributed by atoms with van der Waals surface area (Å²) in [5.41, 5.74) is 1.60. The molecule has 2 aromatic carbocycles. The minimum atomic E-state index is -3.66. The Balaban J connectivity index is 1.79. The Kier molecular flexibility index (Phi) is 5.66. The lowest BCUT2D eigenvalue weighted by Crippen LogP contribution is -2.25. The number of rotatable bonds is 6. The van der Waals surface area contributed by atoms with Crippen molar-refractivity contribution in [1.29, 1.82) is 0 Å². The number of carbonyl (C=O) groups excluding carboxylic acids is 1. The molecule has 0 saturated heterocycles. The summed E-state index contributed by atoms with van der Waals surface area (Å²) in [6.07, 6.45) is 0. The van der Waals surface area contributed by atoms with Crippen molar-refractivity contribution >= 4 is 44.3 Å². The lowest BCUT2D eigenvalue weighted by atomic mass is 10.1. The van der Waals surface area contributed by atoms with Gasteiger partial charge in [0.25, 0.3) is 21.6 Å². The number of thiophene rings is 1. The normalized spacial score (nSPS) is 11.1. The SMILES string of the molecule is Cc1ccc([N+](=O)[O-])cc1NC(=O)c1ccc(N(C)S(=O)(=O)c2cccs2)cc1. The third kappa shape index (κ3) is 4.28. The number of hydrogen-bond acceptors (Lipinski definition) is 6. The Morgan fingerprint density at radius 2 is 1.83 bits per heavy atom. The highest BCUT2D eigenvalue weighted by atomic mass is 32.2. The van der Waals surface area contributed by atoms with Gasteiger partial charge in [0, 0.05) is 24.7 Å². The molecule has 8 nitrogen and oxygen atoms in total. The van der Waals surface area contributed by atoms with E-state index in [9.17, 15) is 23.3 Å². The van der Waals surface area contributed by atoms with Crippen LogP contribution in [0.25, 0.3) is 0 Å². The largest absolute Gasteiger partial charge is 0.321 e. The fourth-order valence-corrected chi connectivity index (χ4v) is 4.92. The van der Waals surface area contributed by atoms with E-state index in [1.54, 1.807) is 24.4 Å². The molecule has 0 aliphatic carbocycles. The maximum absolute atomic E-state index is 12.6. The summed E-state index contributed by atoms with van der Waals surface area (Å²) < 4.78 is 26.5. The minimum absolute atomic E-state index is 0.123. The third-order valence-electron chi connectivity index (χ3n) is 4.28. The van der Waals surface area contributed by atoms with E-state index < -0.39 is 20.9 Å². The van der Waals surface area contributed by atoms with Gasteiger partial charge in [0.2, 0.25) is 0 Å². The van der Waals surface area contributed by atoms with Crippen molar-refractivity contribution in [2.24, 2.45) is 0 Å². The summed E-state index contributed by atoms with van der Waals surface area (Å²) in [5.74, 6) is -0.455. The predicted octanol–water partition coefficient (Wildman–Crippen LogP) is 4.04. The van der Waals surface area contributed by atoms with Crippen LogP contribution in [0.4, 0.5) is 17.1 Å². The van der Waals surface area contributed by atoms with Crippen LogP contribution in [-0.4, -0.2) is 26.3 Å². The molecule has 3 aromatic rings. The van der Waals surface area contributed by atoms with Crippen LogP contribution in [-0.2, 0) is 10.0 Å². The number of anilines is 2. The second kappa shape index (κ2) is 8.02. The average molecular weight is 431 g/mol. The number of nitro groups is 1. The first-order valence-corrected chi connectivity index (χ1v) is 10.7. The van der Waals surface area contributed by atoms with Crippen LogP contribution < -0.4 is 9.62 Å². The van der Waals surface area contributed by atoms with Gasteiger partial charge in [0.1, 0.15) is 4.21 Å². The van der Waals surface area contributed by atoms with Crippen molar-refractivity contribution in [3.63, 3.8) is 0 Å². The number of aryl methyl sites for hydroxylation is 1. The summed E-state index contributed by atoms with van der Waals surface area (Å²) >= 11 is 1.12. The summed E-state index contributed by atoms with van der Waals surface area (Å²) in [6, 6.07) is 13.5. The van der Waals surface area contributed by atoms with E-state index in [1.165, 1.54) is 49.5 Å². The molecule has 3 rings (SSSR count). The highest BCUT2D eigenvalue weighted by molar-refractivity contribution is 7.94. The van der Waals surface area contributed by atoms with Crippen LogP contribution in [0, 0.1) is 17.0 Å². The fourth-order valence-electron chi connectivity index (χ4n) is 2.56. The Hall–Kier alpha value is -3.24. The number of amides is 1. The van der Waals surface area contributed by atoms with Crippen molar-refractivity contribution in [2.45, 2.75) is 11.1 Å². The number of non-ortho nitro benzene ring substituents is 1. The molecule has 0 unspecified atom stereocenters. The van der Waals surface area contributed by atoms with Crippen molar-refractivity contribution in [3.05, 3.63) is 81.2 Å². The standard InChI is InChI=1S/C19H17N3O5S2/c1-13-5-8-16(22(24)25)12-17(13)20-19(23)14-6-9-15(10-7-14)21(2)29(26,27)18-4-3-11-28-18/h3-12H,1-2H3,(H,20,23). The van der Waals surface area contributed by atoms with E-state index in [0.717, 1.165) is 15.6 Å². The van der Waals surface area contributed by atoms with Crippen LogP contribution in [0.1, 0.15) is 15.9 Å². The zero-order valence-corrected chi connectivity index (χ0v) is 17.2. The molecular formula is C19H17N3O5S2. The van der Waals surface area contributed by atoms with Gasteiger partial charge in [0.05, 0.1) is 16.3 Å². The molecule has 1 heterocycles. The van der Waals surface area contributed by atoms with Gasteiger partial charge in [-0.2, -0.15) is 0 Å². The molecule has 0 spiro atoms. The molecule has 0 saturated carbocycles. The number of carbonyl (C=O) groups is 1. The molecule has 0 bridgehead atoms. The lowest BCUT2D eigenvalue weighted by Gasteiger charge is -2.18. The van der Waals surface area contributed by atoms with Crippen molar-refractivity contribution in [2.75, 3.05) is 16.7 Å². The van der Waals surface area contributed by atoms with Gasteiger partial charge in [-0.25, -0.2) is 8.42 Å². The summed E-state index contributed by atoms with van der Waals surface area (Å²) in [4.78, 5) is 22.9. The maximum Gasteiger partial charge on any atom is 0.273 e. The van der Waals surface area contributed by atoms with Crippen LogP contribution in [0.3, 0.4) is 0 Å². The Morgan fingerprint density at radius 3 is 2.41 bits per heavy atom. The quantitative estimate of drug-likeness (QED) is 0.468. The number of sulfonamides is 1. The topological polar surface area (TPSA) is 110 Å². The van der Waals surface area contributed by atoms with Crippen LogP contribution >= 0.6 is 11.3 Å². The van der Waals surface area contributed by atoms with Gasteiger partial charge in [0.15, 0.2) is 0 Å². The number of nitrogens with zero attached hydrogens (tertiary/aromatic N) is 2. The molecule has 1 amide bonds. The van der Waals surface area contributed by atoms with E-state index in [0.29, 0.717) is 22.5 Å². The van der Waals surface area contributed by atoms with Gasteiger partial charge in [-0.3, -0.25) is 19.2 Å². The first-order chi connectivity index (χ1) is 13.7. The minimum Gasteiger partial charge on any atom is -0.321 e. The summed E-state index contributed by atoms with van der Waals surface area (Å²) in [7, 11) is -2.22. The van der Waals surface area contributed by atoms with Gasteiger partial charge in [-0.15, -0.1) is 11.3 Å². The molecular weight excluding hydrogens is 414 g/mol. The molecule has 0 aliphatic heterocycles. The zero-order valence-electron chi connectivity index (χ0n) is 15.5. The molecule has 0 radical (unpaired) electrons. The van der Waals surface area contributed by atoms with E-state index in [2.05, 4.69) is 5.32 Å². The monoisotopic (exact) mass is 431 g/mol. The predicted molar refractivity (Wildman–Crippen MR) is 112 cm³/mol. The number of nitrogens with one attached hydrogen (secondary N) is 1. The average Bonchev–Trinajstić information content (AvgIpc) is 3.24. The molecule has 0 atom stereocenters. The number of benzene rings is 2. The second-order valence-corrected chi connectivity index (χ2v) is 9.31. The van der Waals surface area contributed by atoms with Gasteiger partial charge in [-0.05, 0) is 48.2 Å². The first kappa shape index (κ1) is 20.5. The van der Waals surface area contributed by atoms with Crippen molar-refractivity contribution in [1.82, 2.24) is 0 Å². The molecule has 29 heavy (non-hydrogen) atoms. The summed E-state index contributed by atoms with van der Waals surface area (Å²) in [5, 5.41) is 15.3. The molecule has 10 heteroatoms. The van der Waals surface area contributed by atoms with Crippen LogP contribution in [0.2, 0.25) is 0 Å². The highest BCUT2D eigenvalue weighted by Gasteiger charge is 2.22. The zero-order chi connectivity index (χ0) is 21.2. The van der Waals surface area contributed by atoms with Crippen molar-refractivity contribution in [3.8, 4) is 0 Å². The third-order valence-corrected chi connectivity index (χ3v) is 7.44. The molecule has 150 valence electrons. The molecule has 0 aliphatic rings. The molecule has 1 aromatic heterocycles. The summed E-state index contributed by atoms with van der Waals surface area (Å²) in [6.45, 7) is 1.73. The first-order valence-electron chi connectivity index (χ1n) is 8.39. The maximum atomic E-state index is 12.6.